The second-order valence-electron chi connectivity index (χ2n) is 11.5. The molecular formula is C30H34N4O5S. The zero-order chi connectivity index (χ0) is 27.6. The van der Waals surface area contributed by atoms with E-state index in [0.29, 0.717) is 35.7 Å². The number of fused-ring (bicyclic) bond motifs is 4. The molecule has 1 aromatic heterocycles. The van der Waals surface area contributed by atoms with E-state index < -0.39 is 0 Å². The number of aromatic nitrogens is 1. The minimum atomic E-state index is -0.331. The van der Waals surface area contributed by atoms with Crippen LogP contribution in [0.2, 0.25) is 0 Å². The number of methoxy groups -OCH3 is 2. The summed E-state index contributed by atoms with van der Waals surface area (Å²) in [6, 6.07) is 10.4. The van der Waals surface area contributed by atoms with Crippen molar-refractivity contribution in [1.29, 1.82) is 0 Å². The van der Waals surface area contributed by atoms with Crippen LogP contribution in [-0.2, 0) is 11.8 Å². The molecule has 2 N–H and O–H groups in total. The van der Waals surface area contributed by atoms with Gasteiger partial charge in [-0.1, -0.05) is 11.2 Å². The summed E-state index contributed by atoms with van der Waals surface area (Å²) in [6.45, 7) is 2.20. The van der Waals surface area contributed by atoms with Crippen LogP contribution in [0, 0.1) is 0 Å². The summed E-state index contributed by atoms with van der Waals surface area (Å²) < 4.78 is 20.8. The Hall–Kier alpha value is -3.37. The number of aliphatic hydroxyl groups excluding tert-OH is 1. The van der Waals surface area contributed by atoms with Crippen molar-refractivity contribution in [2.24, 2.45) is 0 Å². The molecule has 3 aliphatic carbocycles. The van der Waals surface area contributed by atoms with Gasteiger partial charge in [-0.05, 0) is 80.3 Å². The summed E-state index contributed by atoms with van der Waals surface area (Å²) in [4.78, 5) is 18.0. The van der Waals surface area contributed by atoms with Gasteiger partial charge in [0.15, 0.2) is 11.6 Å². The molecule has 2 aromatic carbocycles. The molecule has 3 aromatic rings. The standard InChI is InChI=1S/C30H34N4O5S/c1-33(19-13-20(35)14-19)29(36)17-11-24(37-2)27(25(12-17)38-3)40-32-28-22-16-30(7-8-30)23-6-5-18(34-9-4-10-34)15-21(23)26(22)39-31-28/h5-6,11-12,15,19-20,35H,4,7-10,13-14,16H2,1-3H3,(H,31,32). The number of carbonyl (C=O) groups excluding carboxylic acids is 1. The van der Waals surface area contributed by atoms with Gasteiger partial charge in [-0.25, -0.2) is 0 Å². The average molecular weight is 563 g/mol. The molecule has 3 fully saturated rings. The van der Waals surface area contributed by atoms with Gasteiger partial charge in [-0.3, -0.25) is 4.79 Å². The molecule has 210 valence electrons. The van der Waals surface area contributed by atoms with Crippen LogP contribution in [0.25, 0.3) is 11.3 Å². The number of nitrogens with one attached hydrogen (secondary N) is 1. The Balaban J connectivity index is 1.15. The lowest BCUT2D eigenvalue weighted by atomic mass is 9.79. The summed E-state index contributed by atoms with van der Waals surface area (Å²) in [6.07, 6.45) is 5.35. The summed E-state index contributed by atoms with van der Waals surface area (Å²) in [5.74, 6) is 2.49. The first kappa shape index (κ1) is 25.6. The quantitative estimate of drug-likeness (QED) is 0.373. The van der Waals surface area contributed by atoms with Gasteiger partial charge in [-0.15, -0.1) is 0 Å². The maximum atomic E-state index is 13.2. The van der Waals surface area contributed by atoms with Gasteiger partial charge in [0.1, 0.15) is 16.4 Å². The smallest absolute Gasteiger partial charge is 0.254 e. The number of amides is 1. The summed E-state index contributed by atoms with van der Waals surface area (Å²) in [5.41, 5.74) is 5.54. The molecule has 2 saturated carbocycles. The van der Waals surface area contributed by atoms with E-state index in [1.165, 1.54) is 42.5 Å². The lowest BCUT2D eigenvalue weighted by Gasteiger charge is -2.38. The fraction of sp³-hybridized carbons (Fsp3) is 0.467. The molecule has 9 nitrogen and oxygen atoms in total. The molecule has 7 rings (SSSR count). The highest BCUT2D eigenvalue weighted by Crippen LogP contribution is 2.59. The Kier molecular flexibility index (Phi) is 6.16. The normalized spacial score (nSPS) is 21.6. The highest BCUT2D eigenvalue weighted by Gasteiger charge is 2.50. The number of hydrogen-bond acceptors (Lipinski definition) is 9. The lowest BCUT2D eigenvalue weighted by molar-refractivity contribution is 0.0132. The van der Waals surface area contributed by atoms with Crippen molar-refractivity contribution in [2.45, 2.75) is 61.0 Å². The Labute approximate surface area is 237 Å². The molecule has 0 atom stereocenters. The third kappa shape index (κ3) is 4.11. The first-order chi connectivity index (χ1) is 19.4. The van der Waals surface area contributed by atoms with Crippen LogP contribution in [0.15, 0.2) is 39.8 Å². The number of benzene rings is 2. The minimum Gasteiger partial charge on any atom is -0.495 e. The van der Waals surface area contributed by atoms with Crippen molar-refractivity contribution < 1.29 is 23.9 Å². The number of rotatable bonds is 8. The zero-order valence-corrected chi connectivity index (χ0v) is 23.8. The van der Waals surface area contributed by atoms with E-state index in [-0.39, 0.29) is 23.5 Å². The Morgan fingerprint density at radius 3 is 2.50 bits per heavy atom. The molecule has 0 radical (unpaired) electrons. The number of anilines is 2. The Bertz CT molecular complexity index is 1450. The second-order valence-corrected chi connectivity index (χ2v) is 12.3. The zero-order valence-electron chi connectivity index (χ0n) is 23.0. The predicted molar refractivity (Wildman–Crippen MR) is 154 cm³/mol. The van der Waals surface area contributed by atoms with Gasteiger partial charge >= 0.3 is 0 Å². The van der Waals surface area contributed by atoms with E-state index >= 15 is 0 Å². The first-order valence-electron chi connectivity index (χ1n) is 13.9. The van der Waals surface area contributed by atoms with Crippen LogP contribution >= 0.6 is 11.9 Å². The van der Waals surface area contributed by atoms with Crippen molar-refractivity contribution in [2.75, 3.05) is 44.0 Å². The SMILES string of the molecule is COc1cc(C(=O)N(C)C2CC(O)C2)cc(OC)c1SNc1noc2c1CC1(CC1)c1ccc(N3CCC3)cc1-2. The molecule has 1 amide bonds. The summed E-state index contributed by atoms with van der Waals surface area (Å²) in [5, 5.41) is 14.1. The van der Waals surface area contributed by atoms with E-state index in [0.717, 1.165) is 41.3 Å². The molecule has 4 aliphatic rings. The Morgan fingerprint density at radius 2 is 1.90 bits per heavy atom. The predicted octanol–water partition coefficient (Wildman–Crippen LogP) is 4.87. The van der Waals surface area contributed by atoms with E-state index in [4.69, 9.17) is 14.0 Å². The van der Waals surface area contributed by atoms with E-state index in [1.807, 2.05) is 0 Å². The van der Waals surface area contributed by atoms with E-state index in [1.54, 1.807) is 38.3 Å². The second kappa shape index (κ2) is 9.62. The van der Waals surface area contributed by atoms with Crippen molar-refractivity contribution >= 4 is 29.4 Å². The van der Waals surface area contributed by atoms with Gasteiger partial charge in [0.05, 0.1) is 20.3 Å². The number of ether oxygens (including phenoxy) is 2. The monoisotopic (exact) mass is 562 g/mol. The molecule has 0 bridgehead atoms. The van der Waals surface area contributed by atoms with Gasteiger partial charge in [0.25, 0.3) is 5.91 Å². The van der Waals surface area contributed by atoms with Crippen LogP contribution in [0.1, 0.15) is 53.6 Å². The van der Waals surface area contributed by atoms with Crippen LogP contribution in [-0.4, -0.2) is 67.6 Å². The molecular weight excluding hydrogens is 528 g/mol. The topological polar surface area (TPSA) is 100 Å². The van der Waals surface area contributed by atoms with Crippen LogP contribution in [0.4, 0.5) is 11.5 Å². The van der Waals surface area contributed by atoms with Crippen molar-refractivity contribution in [1.82, 2.24) is 10.1 Å². The van der Waals surface area contributed by atoms with Gasteiger partial charge in [-0.2, -0.15) is 0 Å². The molecule has 1 spiro atoms. The van der Waals surface area contributed by atoms with Crippen LogP contribution < -0.4 is 19.1 Å². The van der Waals surface area contributed by atoms with Crippen LogP contribution in [0.3, 0.4) is 0 Å². The Morgan fingerprint density at radius 1 is 1.18 bits per heavy atom. The molecule has 1 saturated heterocycles. The fourth-order valence-corrected chi connectivity index (χ4v) is 7.04. The maximum absolute atomic E-state index is 13.2. The van der Waals surface area contributed by atoms with Crippen molar-refractivity contribution in [3.05, 3.63) is 47.0 Å². The highest BCUT2D eigenvalue weighted by molar-refractivity contribution is 8.00. The van der Waals surface area contributed by atoms with Crippen molar-refractivity contribution in [3.63, 3.8) is 0 Å². The molecule has 1 aliphatic heterocycles. The fourth-order valence-electron chi connectivity index (χ4n) is 6.20. The van der Waals surface area contributed by atoms with Crippen LogP contribution in [0.5, 0.6) is 11.5 Å². The summed E-state index contributed by atoms with van der Waals surface area (Å²) >= 11 is 1.34. The number of nitrogens with zero attached hydrogens (tertiary/aromatic N) is 3. The first-order valence-corrected chi connectivity index (χ1v) is 14.7. The van der Waals surface area contributed by atoms with E-state index in [2.05, 4.69) is 33.0 Å². The average Bonchev–Trinajstić information content (AvgIpc) is 3.58. The third-order valence-electron chi connectivity index (χ3n) is 9.11. The molecule has 0 unspecified atom stereocenters. The van der Waals surface area contributed by atoms with Gasteiger partial charge in [0.2, 0.25) is 0 Å². The minimum absolute atomic E-state index is 0.0374. The van der Waals surface area contributed by atoms with Gasteiger partial charge in [0, 0.05) is 54.0 Å². The molecule has 40 heavy (non-hydrogen) atoms. The summed E-state index contributed by atoms with van der Waals surface area (Å²) in [7, 11) is 4.94. The number of carbonyl (C=O) groups is 1. The number of hydrogen-bond donors (Lipinski definition) is 2. The molecule has 10 heteroatoms. The third-order valence-corrected chi connectivity index (χ3v) is 10.0. The largest absolute Gasteiger partial charge is 0.495 e. The lowest BCUT2D eigenvalue weighted by Crippen LogP contribution is -2.47. The maximum Gasteiger partial charge on any atom is 0.254 e. The van der Waals surface area contributed by atoms with E-state index in [9.17, 15) is 9.90 Å². The number of aliphatic hydroxyl groups is 1. The van der Waals surface area contributed by atoms with Crippen molar-refractivity contribution in [3.8, 4) is 22.8 Å². The van der Waals surface area contributed by atoms with Gasteiger partial charge < -0.3 is 33.6 Å². The highest BCUT2D eigenvalue weighted by atomic mass is 32.2. The molecule has 2 heterocycles.